The Labute approximate surface area is 107 Å². The molecule has 0 aliphatic carbocycles. The second kappa shape index (κ2) is 4.34. The summed E-state index contributed by atoms with van der Waals surface area (Å²) in [7, 11) is 3.38. The highest BCUT2D eigenvalue weighted by atomic mass is 16.5. The number of nitriles is 1. The fraction of sp³-hybridized carbons (Fsp3) is 0.429. The largest absolute Gasteiger partial charge is 0.497 e. The van der Waals surface area contributed by atoms with Gasteiger partial charge in [0.15, 0.2) is 0 Å². The van der Waals surface area contributed by atoms with Crippen LogP contribution in [0.1, 0.15) is 25.3 Å². The Balaban J connectivity index is 2.52. The normalized spacial score (nSPS) is 21.7. The van der Waals surface area contributed by atoms with Gasteiger partial charge < -0.3 is 9.64 Å². The quantitative estimate of drug-likeness (QED) is 0.819. The molecule has 0 bridgehead atoms. The van der Waals surface area contributed by atoms with Gasteiger partial charge in [0.25, 0.3) is 0 Å². The maximum Gasteiger partial charge on any atom is 0.237 e. The van der Waals surface area contributed by atoms with Crippen molar-refractivity contribution >= 4 is 11.6 Å². The van der Waals surface area contributed by atoms with Gasteiger partial charge in [-0.2, -0.15) is 5.26 Å². The Morgan fingerprint density at radius 2 is 2.22 bits per heavy atom. The highest BCUT2D eigenvalue weighted by Gasteiger charge is 2.45. The molecule has 4 nitrogen and oxygen atoms in total. The summed E-state index contributed by atoms with van der Waals surface area (Å²) in [5.41, 5.74) is 1.24. The average Bonchev–Trinajstić information content (AvgIpc) is 2.59. The fourth-order valence-corrected chi connectivity index (χ4v) is 2.52. The van der Waals surface area contributed by atoms with Gasteiger partial charge in [0.05, 0.1) is 18.6 Å². The molecule has 0 fully saturated rings. The Bertz CT molecular complexity index is 533. The Hall–Kier alpha value is -2.02. The molecule has 0 saturated carbocycles. The van der Waals surface area contributed by atoms with Crippen LogP contribution in [0.25, 0.3) is 0 Å². The van der Waals surface area contributed by atoms with Crippen LogP contribution in [0.5, 0.6) is 5.75 Å². The predicted octanol–water partition coefficient (Wildman–Crippen LogP) is 2.23. The van der Waals surface area contributed by atoms with Crippen molar-refractivity contribution in [3.05, 3.63) is 23.8 Å². The summed E-state index contributed by atoms with van der Waals surface area (Å²) >= 11 is 0. The van der Waals surface area contributed by atoms with Crippen LogP contribution >= 0.6 is 0 Å². The van der Waals surface area contributed by atoms with E-state index >= 15 is 0 Å². The number of rotatable bonds is 3. The first kappa shape index (κ1) is 12.4. The van der Waals surface area contributed by atoms with E-state index in [1.807, 2.05) is 25.1 Å². The Morgan fingerprint density at radius 3 is 2.83 bits per heavy atom. The Kier molecular flexibility index (Phi) is 3.00. The number of ether oxygens (including phenoxy) is 1. The summed E-state index contributed by atoms with van der Waals surface area (Å²) in [6.45, 7) is 1.90. The lowest BCUT2D eigenvalue weighted by Crippen LogP contribution is -2.35. The van der Waals surface area contributed by atoms with E-state index in [2.05, 4.69) is 6.07 Å². The van der Waals surface area contributed by atoms with Gasteiger partial charge in [0.1, 0.15) is 5.75 Å². The zero-order chi connectivity index (χ0) is 13.3. The summed E-state index contributed by atoms with van der Waals surface area (Å²) in [4.78, 5) is 14.0. The number of methoxy groups -OCH3 is 1. The standard InChI is InChI=1S/C14H16N2O2/c1-14(7-4-8-15)11-9-10(18-3)5-6-12(11)16(2)13(14)17/h5-6,9H,4,7H2,1-3H3/t14-/m0/s1. The van der Waals surface area contributed by atoms with Crippen molar-refractivity contribution in [1.82, 2.24) is 0 Å². The summed E-state index contributed by atoms with van der Waals surface area (Å²) < 4.78 is 5.21. The van der Waals surface area contributed by atoms with Crippen LogP contribution in [0.4, 0.5) is 5.69 Å². The van der Waals surface area contributed by atoms with Crippen molar-refractivity contribution in [2.45, 2.75) is 25.2 Å². The maximum absolute atomic E-state index is 12.4. The second-order valence-electron chi connectivity index (χ2n) is 4.74. The molecule has 1 aliphatic heterocycles. The number of fused-ring (bicyclic) bond motifs is 1. The summed E-state index contributed by atoms with van der Waals surface area (Å²) in [5, 5.41) is 8.74. The summed E-state index contributed by atoms with van der Waals surface area (Å²) in [6, 6.07) is 7.75. The molecule has 1 aliphatic rings. The van der Waals surface area contributed by atoms with Crippen LogP contribution in [-0.2, 0) is 10.2 Å². The van der Waals surface area contributed by atoms with E-state index in [0.717, 1.165) is 17.0 Å². The molecule has 2 rings (SSSR count). The minimum atomic E-state index is -0.617. The van der Waals surface area contributed by atoms with E-state index in [-0.39, 0.29) is 5.91 Å². The third kappa shape index (κ3) is 1.63. The molecular formula is C14H16N2O2. The molecule has 0 radical (unpaired) electrons. The van der Waals surface area contributed by atoms with E-state index in [9.17, 15) is 4.79 Å². The fourth-order valence-electron chi connectivity index (χ4n) is 2.52. The molecule has 0 saturated heterocycles. The SMILES string of the molecule is COc1ccc2c(c1)[C@](C)(CCC#N)C(=O)N2C. The van der Waals surface area contributed by atoms with Crippen molar-refractivity contribution in [3.8, 4) is 11.8 Å². The molecule has 4 heteroatoms. The lowest BCUT2D eigenvalue weighted by atomic mass is 9.80. The number of hydrogen-bond donors (Lipinski definition) is 0. The molecule has 94 valence electrons. The number of hydrogen-bond acceptors (Lipinski definition) is 3. The van der Waals surface area contributed by atoms with Crippen LogP contribution in [0.2, 0.25) is 0 Å². The van der Waals surface area contributed by atoms with E-state index in [1.165, 1.54) is 0 Å². The Morgan fingerprint density at radius 1 is 1.50 bits per heavy atom. The average molecular weight is 244 g/mol. The molecular weight excluding hydrogens is 228 g/mol. The van der Waals surface area contributed by atoms with Gasteiger partial charge in [0.2, 0.25) is 5.91 Å². The molecule has 1 heterocycles. The number of anilines is 1. The second-order valence-corrected chi connectivity index (χ2v) is 4.74. The monoisotopic (exact) mass is 244 g/mol. The molecule has 1 atom stereocenters. The molecule has 0 N–H and O–H groups in total. The molecule has 18 heavy (non-hydrogen) atoms. The molecule has 0 spiro atoms. The maximum atomic E-state index is 12.4. The van der Waals surface area contributed by atoms with Gasteiger partial charge in [-0.25, -0.2) is 0 Å². The number of carbonyl (C=O) groups is 1. The minimum absolute atomic E-state index is 0.0426. The number of amides is 1. The van der Waals surface area contributed by atoms with Crippen LogP contribution in [0.15, 0.2) is 18.2 Å². The smallest absolute Gasteiger partial charge is 0.237 e. The number of nitrogens with zero attached hydrogens (tertiary/aromatic N) is 2. The topological polar surface area (TPSA) is 53.3 Å². The van der Waals surface area contributed by atoms with Crippen molar-refractivity contribution in [2.75, 3.05) is 19.1 Å². The van der Waals surface area contributed by atoms with E-state index in [0.29, 0.717) is 12.8 Å². The molecule has 0 aromatic heterocycles. The van der Waals surface area contributed by atoms with Crippen LogP contribution < -0.4 is 9.64 Å². The van der Waals surface area contributed by atoms with Gasteiger partial charge >= 0.3 is 0 Å². The zero-order valence-corrected chi connectivity index (χ0v) is 10.9. The molecule has 0 unspecified atom stereocenters. The third-order valence-electron chi connectivity index (χ3n) is 3.67. The number of benzene rings is 1. The molecule has 1 amide bonds. The van der Waals surface area contributed by atoms with E-state index < -0.39 is 5.41 Å². The third-order valence-corrected chi connectivity index (χ3v) is 3.67. The van der Waals surface area contributed by atoms with Gasteiger partial charge in [-0.1, -0.05) is 0 Å². The first-order chi connectivity index (χ1) is 8.54. The minimum Gasteiger partial charge on any atom is -0.497 e. The van der Waals surface area contributed by atoms with E-state index in [1.54, 1.807) is 19.1 Å². The van der Waals surface area contributed by atoms with Gasteiger partial charge in [-0.15, -0.1) is 0 Å². The van der Waals surface area contributed by atoms with Crippen molar-refractivity contribution in [2.24, 2.45) is 0 Å². The van der Waals surface area contributed by atoms with Crippen molar-refractivity contribution < 1.29 is 9.53 Å². The number of carbonyl (C=O) groups excluding carboxylic acids is 1. The van der Waals surface area contributed by atoms with Crippen molar-refractivity contribution in [1.29, 1.82) is 5.26 Å². The zero-order valence-electron chi connectivity index (χ0n) is 10.9. The van der Waals surface area contributed by atoms with Crippen LogP contribution in [0, 0.1) is 11.3 Å². The molecule has 1 aromatic rings. The van der Waals surface area contributed by atoms with Gasteiger partial charge in [-0.3, -0.25) is 4.79 Å². The first-order valence-electron chi connectivity index (χ1n) is 5.88. The summed E-state index contributed by atoms with van der Waals surface area (Å²) in [6.07, 6.45) is 0.902. The molecule has 1 aromatic carbocycles. The van der Waals surface area contributed by atoms with E-state index in [4.69, 9.17) is 10.00 Å². The highest BCUT2D eigenvalue weighted by molar-refractivity contribution is 6.07. The highest BCUT2D eigenvalue weighted by Crippen LogP contribution is 2.45. The van der Waals surface area contributed by atoms with Crippen molar-refractivity contribution in [3.63, 3.8) is 0 Å². The predicted molar refractivity (Wildman–Crippen MR) is 68.6 cm³/mol. The summed E-state index contributed by atoms with van der Waals surface area (Å²) in [5.74, 6) is 0.779. The lowest BCUT2D eigenvalue weighted by molar-refractivity contribution is -0.122. The van der Waals surface area contributed by atoms with Crippen LogP contribution in [0.3, 0.4) is 0 Å². The first-order valence-corrected chi connectivity index (χ1v) is 5.88. The van der Waals surface area contributed by atoms with Gasteiger partial charge in [-0.05, 0) is 37.1 Å². The lowest BCUT2D eigenvalue weighted by Gasteiger charge is -2.21. The van der Waals surface area contributed by atoms with Crippen LogP contribution in [-0.4, -0.2) is 20.1 Å². The van der Waals surface area contributed by atoms with Gasteiger partial charge in [0, 0.05) is 19.2 Å². The number of likely N-dealkylation sites (N-methyl/N-ethyl adjacent to an activating group) is 1.